The molecule has 1 aromatic heterocycles. The highest BCUT2D eigenvalue weighted by atomic mass is 32.2. The van der Waals surface area contributed by atoms with E-state index in [4.69, 9.17) is 4.42 Å². The van der Waals surface area contributed by atoms with E-state index in [2.05, 4.69) is 10.6 Å². The Hall–Kier alpha value is -3.43. The standard InChI is InChI=1S/C25H27N3O5S/c1-18(29)27-20-8-10-22(11-9-20)34(31,32)28-15-13-19-5-2-3-7-23(19)24(28)17-25(30)26-14-12-21-6-4-16-33-21/h2-11,16,24H,12-15,17H2,1H3,(H,26,30)(H,27,29). The summed E-state index contributed by atoms with van der Waals surface area (Å²) in [5, 5.41) is 5.51. The predicted molar refractivity (Wildman–Crippen MR) is 128 cm³/mol. The molecule has 8 nitrogen and oxygen atoms in total. The molecule has 0 aliphatic carbocycles. The highest BCUT2D eigenvalue weighted by molar-refractivity contribution is 7.89. The molecule has 0 saturated heterocycles. The van der Waals surface area contributed by atoms with Crippen LogP contribution in [-0.2, 0) is 32.5 Å². The molecule has 2 aromatic carbocycles. The molecular weight excluding hydrogens is 454 g/mol. The normalized spacial score (nSPS) is 16.0. The Bertz CT molecular complexity index is 1250. The number of rotatable bonds is 8. The molecule has 1 atom stereocenters. The van der Waals surface area contributed by atoms with Gasteiger partial charge in [0.2, 0.25) is 21.8 Å². The summed E-state index contributed by atoms with van der Waals surface area (Å²) >= 11 is 0. The predicted octanol–water partition coefficient (Wildman–Crippen LogP) is 3.28. The molecule has 9 heteroatoms. The lowest BCUT2D eigenvalue weighted by Crippen LogP contribution is -2.42. The number of sulfonamides is 1. The Labute approximate surface area is 199 Å². The molecule has 0 bridgehead atoms. The van der Waals surface area contributed by atoms with Crippen molar-refractivity contribution in [1.82, 2.24) is 9.62 Å². The van der Waals surface area contributed by atoms with Crippen molar-refractivity contribution in [3.63, 3.8) is 0 Å². The van der Waals surface area contributed by atoms with Crippen LogP contribution in [0.3, 0.4) is 0 Å². The Balaban J connectivity index is 1.54. The molecule has 1 unspecified atom stereocenters. The van der Waals surface area contributed by atoms with Crippen molar-refractivity contribution in [2.24, 2.45) is 0 Å². The highest BCUT2D eigenvalue weighted by Gasteiger charge is 2.37. The maximum atomic E-state index is 13.6. The molecule has 0 fully saturated rings. The van der Waals surface area contributed by atoms with Gasteiger partial charge in [-0.2, -0.15) is 4.31 Å². The van der Waals surface area contributed by atoms with E-state index in [1.165, 1.54) is 23.4 Å². The number of carbonyl (C=O) groups excluding carboxylic acids is 2. The van der Waals surface area contributed by atoms with Crippen LogP contribution in [0.2, 0.25) is 0 Å². The van der Waals surface area contributed by atoms with E-state index in [9.17, 15) is 18.0 Å². The smallest absolute Gasteiger partial charge is 0.243 e. The van der Waals surface area contributed by atoms with Crippen LogP contribution in [0.15, 0.2) is 76.2 Å². The first-order valence-corrected chi connectivity index (χ1v) is 12.5. The van der Waals surface area contributed by atoms with E-state index in [0.717, 1.165) is 16.9 Å². The zero-order valence-electron chi connectivity index (χ0n) is 18.9. The molecule has 2 N–H and O–H groups in total. The topological polar surface area (TPSA) is 109 Å². The third-order valence-corrected chi connectivity index (χ3v) is 7.72. The fraction of sp³-hybridized carbons (Fsp3) is 0.280. The zero-order chi connectivity index (χ0) is 24.1. The third kappa shape index (κ3) is 5.37. The summed E-state index contributed by atoms with van der Waals surface area (Å²) in [6, 6.07) is 16.7. The van der Waals surface area contributed by atoms with Gasteiger partial charge in [-0.15, -0.1) is 0 Å². The second-order valence-corrected chi connectivity index (χ2v) is 10.1. The molecule has 2 heterocycles. The van der Waals surface area contributed by atoms with Crippen molar-refractivity contribution in [2.45, 2.75) is 37.1 Å². The van der Waals surface area contributed by atoms with Crippen LogP contribution in [0.25, 0.3) is 0 Å². The Morgan fingerprint density at radius 3 is 2.53 bits per heavy atom. The lowest BCUT2D eigenvalue weighted by molar-refractivity contribution is -0.122. The molecule has 0 spiro atoms. The monoisotopic (exact) mass is 481 g/mol. The minimum atomic E-state index is -3.88. The maximum Gasteiger partial charge on any atom is 0.243 e. The number of nitrogens with zero attached hydrogens (tertiary/aromatic N) is 1. The summed E-state index contributed by atoms with van der Waals surface area (Å²) in [5.41, 5.74) is 2.40. The molecule has 0 radical (unpaired) electrons. The largest absolute Gasteiger partial charge is 0.469 e. The maximum absolute atomic E-state index is 13.6. The van der Waals surface area contributed by atoms with Gasteiger partial charge in [0, 0.05) is 38.5 Å². The van der Waals surface area contributed by atoms with Crippen molar-refractivity contribution in [3.05, 3.63) is 83.8 Å². The molecule has 4 rings (SSSR count). The quantitative estimate of drug-likeness (QED) is 0.513. The SMILES string of the molecule is CC(=O)Nc1ccc(S(=O)(=O)N2CCc3ccccc3C2CC(=O)NCCc2ccco2)cc1. The van der Waals surface area contributed by atoms with Crippen molar-refractivity contribution >= 4 is 27.5 Å². The summed E-state index contributed by atoms with van der Waals surface area (Å²) < 4.78 is 33.9. The van der Waals surface area contributed by atoms with Gasteiger partial charge >= 0.3 is 0 Å². The summed E-state index contributed by atoms with van der Waals surface area (Å²) in [7, 11) is -3.88. The summed E-state index contributed by atoms with van der Waals surface area (Å²) in [6.07, 6.45) is 2.72. The minimum absolute atomic E-state index is 0.0123. The molecule has 34 heavy (non-hydrogen) atoms. The summed E-state index contributed by atoms with van der Waals surface area (Å²) in [4.78, 5) is 24.2. The molecule has 178 valence electrons. The van der Waals surface area contributed by atoms with E-state index in [0.29, 0.717) is 25.1 Å². The minimum Gasteiger partial charge on any atom is -0.469 e. The van der Waals surface area contributed by atoms with Crippen LogP contribution in [0.4, 0.5) is 5.69 Å². The van der Waals surface area contributed by atoms with E-state index in [1.807, 2.05) is 30.3 Å². The van der Waals surface area contributed by atoms with Crippen LogP contribution in [0.5, 0.6) is 0 Å². The number of carbonyl (C=O) groups is 2. The zero-order valence-corrected chi connectivity index (χ0v) is 19.7. The molecular formula is C25H27N3O5S. The number of furan rings is 1. The second kappa shape index (κ2) is 10.2. The van der Waals surface area contributed by atoms with Gasteiger partial charge < -0.3 is 15.1 Å². The fourth-order valence-electron chi connectivity index (χ4n) is 4.20. The fourth-order valence-corrected chi connectivity index (χ4v) is 5.81. The summed E-state index contributed by atoms with van der Waals surface area (Å²) in [5.74, 6) is 0.311. The number of fused-ring (bicyclic) bond motifs is 1. The van der Waals surface area contributed by atoms with Crippen molar-refractivity contribution in [1.29, 1.82) is 0 Å². The van der Waals surface area contributed by atoms with Crippen LogP contribution >= 0.6 is 0 Å². The average molecular weight is 482 g/mol. The van der Waals surface area contributed by atoms with E-state index >= 15 is 0 Å². The van der Waals surface area contributed by atoms with Crippen LogP contribution in [0.1, 0.15) is 36.3 Å². The van der Waals surface area contributed by atoms with Crippen molar-refractivity contribution in [3.8, 4) is 0 Å². The third-order valence-electron chi connectivity index (χ3n) is 5.80. The molecule has 1 aliphatic heterocycles. The van der Waals surface area contributed by atoms with Crippen LogP contribution in [-0.4, -0.2) is 37.6 Å². The lowest BCUT2D eigenvalue weighted by Gasteiger charge is -2.36. The van der Waals surface area contributed by atoms with Gasteiger partial charge in [-0.25, -0.2) is 8.42 Å². The number of benzene rings is 2. The van der Waals surface area contributed by atoms with E-state index < -0.39 is 16.1 Å². The molecule has 1 aliphatic rings. The van der Waals surface area contributed by atoms with Gasteiger partial charge in [-0.05, 0) is 53.9 Å². The first kappa shape index (κ1) is 23.7. The number of anilines is 1. The first-order valence-electron chi connectivity index (χ1n) is 11.1. The Kier molecular flexibility index (Phi) is 7.14. The second-order valence-electron chi connectivity index (χ2n) is 8.17. The van der Waals surface area contributed by atoms with E-state index in [-0.39, 0.29) is 29.7 Å². The first-order chi connectivity index (χ1) is 16.3. The molecule has 2 amide bonds. The van der Waals surface area contributed by atoms with Gasteiger partial charge in [-0.3, -0.25) is 9.59 Å². The molecule has 3 aromatic rings. The Morgan fingerprint density at radius 2 is 1.82 bits per heavy atom. The van der Waals surface area contributed by atoms with Gasteiger partial charge in [0.15, 0.2) is 0 Å². The van der Waals surface area contributed by atoms with Gasteiger partial charge in [0.1, 0.15) is 5.76 Å². The lowest BCUT2D eigenvalue weighted by atomic mass is 9.92. The van der Waals surface area contributed by atoms with Gasteiger partial charge in [-0.1, -0.05) is 24.3 Å². The number of nitrogens with one attached hydrogen (secondary N) is 2. The number of hydrogen-bond acceptors (Lipinski definition) is 5. The van der Waals surface area contributed by atoms with Crippen molar-refractivity contribution in [2.75, 3.05) is 18.4 Å². The summed E-state index contributed by atoms with van der Waals surface area (Å²) in [6.45, 7) is 2.06. The van der Waals surface area contributed by atoms with Crippen molar-refractivity contribution < 1.29 is 22.4 Å². The number of amides is 2. The van der Waals surface area contributed by atoms with Crippen LogP contribution in [0, 0.1) is 0 Å². The van der Waals surface area contributed by atoms with Crippen LogP contribution < -0.4 is 10.6 Å². The highest BCUT2D eigenvalue weighted by Crippen LogP contribution is 2.36. The van der Waals surface area contributed by atoms with E-state index in [1.54, 1.807) is 24.5 Å². The van der Waals surface area contributed by atoms with Gasteiger partial charge in [0.25, 0.3) is 0 Å². The molecule has 0 saturated carbocycles. The van der Waals surface area contributed by atoms with Gasteiger partial charge in [0.05, 0.1) is 17.2 Å². The average Bonchev–Trinajstić information content (AvgIpc) is 3.33. The Morgan fingerprint density at radius 1 is 1.06 bits per heavy atom. The number of hydrogen-bond donors (Lipinski definition) is 2.